The lowest BCUT2D eigenvalue weighted by molar-refractivity contribution is 0.669. The Morgan fingerprint density at radius 1 is 0.273 bits per heavy atom. The second kappa shape index (κ2) is 13.8. The topological polar surface area (TPSA) is 51.8 Å². The van der Waals surface area contributed by atoms with Gasteiger partial charge in [-0.2, -0.15) is 0 Å². The van der Waals surface area contributed by atoms with E-state index in [0.29, 0.717) is 17.5 Å². The zero-order chi connectivity index (χ0) is 36.6. The van der Waals surface area contributed by atoms with Gasteiger partial charge in [0.25, 0.3) is 0 Å². The molecule has 0 unspecified atom stereocenters. The van der Waals surface area contributed by atoms with E-state index in [2.05, 4.69) is 146 Å². The van der Waals surface area contributed by atoms with Gasteiger partial charge in [-0.05, 0) is 80.9 Å². The molecule has 0 atom stereocenters. The second-order valence-electron chi connectivity index (χ2n) is 13.6. The maximum absolute atomic E-state index is 6.56. The van der Waals surface area contributed by atoms with Crippen LogP contribution < -0.4 is 0 Å². The Morgan fingerprint density at radius 2 is 0.709 bits per heavy atom. The lowest BCUT2D eigenvalue weighted by Crippen LogP contribution is -2.00. The number of hydrogen-bond donors (Lipinski definition) is 0. The van der Waals surface area contributed by atoms with Gasteiger partial charge in [0.05, 0.1) is 0 Å². The zero-order valence-electron chi connectivity index (χ0n) is 29.8. The summed E-state index contributed by atoms with van der Waals surface area (Å²) >= 11 is 0. The van der Waals surface area contributed by atoms with Crippen molar-refractivity contribution in [2.45, 2.75) is 0 Å². The quantitative estimate of drug-likeness (QED) is 0.166. The van der Waals surface area contributed by atoms with E-state index in [0.717, 1.165) is 72.0 Å². The van der Waals surface area contributed by atoms with Crippen molar-refractivity contribution in [3.8, 4) is 78.7 Å². The number of fused-ring (bicyclic) bond motifs is 3. The first-order valence-corrected chi connectivity index (χ1v) is 18.4. The molecule has 0 aliphatic heterocycles. The molecule has 4 nitrogen and oxygen atoms in total. The van der Waals surface area contributed by atoms with Gasteiger partial charge < -0.3 is 4.42 Å². The van der Waals surface area contributed by atoms with Gasteiger partial charge in [-0.15, -0.1) is 0 Å². The van der Waals surface area contributed by atoms with Crippen LogP contribution in [0.15, 0.2) is 205 Å². The minimum absolute atomic E-state index is 0.578. The molecule has 0 saturated carbocycles. The van der Waals surface area contributed by atoms with Crippen LogP contribution >= 0.6 is 0 Å². The molecule has 0 bridgehead atoms. The molecule has 2 aromatic heterocycles. The van der Waals surface area contributed by atoms with E-state index in [-0.39, 0.29) is 0 Å². The molecule has 10 rings (SSSR count). The monoisotopic (exact) mass is 703 g/mol. The fourth-order valence-electron chi connectivity index (χ4n) is 7.38. The fourth-order valence-corrected chi connectivity index (χ4v) is 7.38. The molecule has 8 aromatic carbocycles. The minimum atomic E-state index is 0.578. The summed E-state index contributed by atoms with van der Waals surface area (Å²) in [5.74, 6) is 1.79. The lowest BCUT2D eigenvalue weighted by atomic mass is 9.96. The smallest absolute Gasteiger partial charge is 0.164 e. The van der Waals surface area contributed by atoms with Gasteiger partial charge in [-0.25, -0.2) is 15.0 Å². The second-order valence-corrected chi connectivity index (χ2v) is 13.6. The third-order valence-electron chi connectivity index (χ3n) is 10.1. The normalized spacial score (nSPS) is 11.3. The molecule has 0 N–H and O–H groups in total. The van der Waals surface area contributed by atoms with Crippen LogP contribution in [-0.2, 0) is 0 Å². The summed E-state index contributed by atoms with van der Waals surface area (Å²) in [6, 6.07) is 69.3. The summed E-state index contributed by atoms with van der Waals surface area (Å²) in [7, 11) is 0. The van der Waals surface area contributed by atoms with Gasteiger partial charge in [-0.3, -0.25) is 0 Å². The number of nitrogens with zero attached hydrogens (tertiary/aromatic N) is 3. The SMILES string of the molecule is c1ccc(-c2ccc(-c3cccc4oc5cc(-c6nc(-c7ccccc7)nc(-c7cc(-c8ccccc8)cc(-c8ccccc8)c7)n6)ccc5c34)cc2)cc1. The predicted molar refractivity (Wildman–Crippen MR) is 225 cm³/mol. The summed E-state index contributed by atoms with van der Waals surface area (Å²) in [5, 5.41) is 2.13. The van der Waals surface area contributed by atoms with Gasteiger partial charge in [-0.1, -0.05) is 164 Å². The summed E-state index contributed by atoms with van der Waals surface area (Å²) in [6.45, 7) is 0. The molecule has 0 radical (unpaired) electrons. The molecule has 0 fully saturated rings. The number of rotatable bonds is 7. The highest BCUT2D eigenvalue weighted by Crippen LogP contribution is 2.39. The van der Waals surface area contributed by atoms with E-state index >= 15 is 0 Å². The standard InChI is InChI=1S/C51H33N3O/c1-5-14-34(15-6-1)37-24-26-38(27-25-37)44-22-13-23-46-48(44)45-29-28-40(33-47(45)55-46)50-52-49(39-20-11-4-12-21-39)53-51(54-50)43-31-41(35-16-7-2-8-17-35)30-42(32-43)36-18-9-3-10-19-36/h1-33H. The van der Waals surface area contributed by atoms with Crippen LogP contribution in [0, 0.1) is 0 Å². The molecule has 0 aliphatic rings. The first kappa shape index (κ1) is 32.2. The van der Waals surface area contributed by atoms with Crippen molar-refractivity contribution in [1.82, 2.24) is 15.0 Å². The molecular formula is C51H33N3O. The average molecular weight is 704 g/mol. The summed E-state index contributed by atoms with van der Waals surface area (Å²) in [6.07, 6.45) is 0. The van der Waals surface area contributed by atoms with Gasteiger partial charge in [0.1, 0.15) is 11.2 Å². The Hall–Kier alpha value is -7.43. The molecule has 2 heterocycles. The summed E-state index contributed by atoms with van der Waals surface area (Å²) in [4.78, 5) is 15.3. The molecule has 0 amide bonds. The maximum Gasteiger partial charge on any atom is 0.164 e. The molecule has 55 heavy (non-hydrogen) atoms. The first-order chi connectivity index (χ1) is 27.2. The van der Waals surface area contributed by atoms with Gasteiger partial charge >= 0.3 is 0 Å². The van der Waals surface area contributed by atoms with Gasteiger partial charge in [0.2, 0.25) is 0 Å². The highest BCUT2D eigenvalue weighted by Gasteiger charge is 2.18. The molecule has 4 heteroatoms. The van der Waals surface area contributed by atoms with E-state index < -0.39 is 0 Å². The van der Waals surface area contributed by atoms with Gasteiger partial charge in [0, 0.05) is 27.5 Å². The molecule has 0 spiro atoms. The zero-order valence-corrected chi connectivity index (χ0v) is 29.8. The van der Waals surface area contributed by atoms with E-state index in [1.165, 1.54) is 11.1 Å². The van der Waals surface area contributed by atoms with Gasteiger partial charge in [0.15, 0.2) is 17.5 Å². The summed E-state index contributed by atoms with van der Waals surface area (Å²) < 4.78 is 6.56. The summed E-state index contributed by atoms with van der Waals surface area (Å²) in [5.41, 5.74) is 13.4. The Labute approximate surface area is 319 Å². The van der Waals surface area contributed by atoms with Crippen molar-refractivity contribution in [3.63, 3.8) is 0 Å². The number of hydrogen-bond acceptors (Lipinski definition) is 4. The Balaban J connectivity index is 1.11. The first-order valence-electron chi connectivity index (χ1n) is 18.4. The largest absolute Gasteiger partial charge is 0.456 e. The van der Waals surface area contributed by atoms with Crippen molar-refractivity contribution in [3.05, 3.63) is 200 Å². The number of furan rings is 1. The maximum atomic E-state index is 6.56. The van der Waals surface area contributed by atoms with Crippen molar-refractivity contribution >= 4 is 21.9 Å². The Morgan fingerprint density at radius 3 is 1.29 bits per heavy atom. The molecule has 258 valence electrons. The molecule has 0 aliphatic carbocycles. The van der Waals surface area contributed by atoms with E-state index in [4.69, 9.17) is 19.4 Å². The van der Waals surface area contributed by atoms with Crippen LogP contribution in [0.3, 0.4) is 0 Å². The van der Waals surface area contributed by atoms with Crippen LogP contribution in [0.1, 0.15) is 0 Å². The van der Waals surface area contributed by atoms with E-state index in [9.17, 15) is 0 Å². The molecular weight excluding hydrogens is 671 g/mol. The Bertz CT molecular complexity index is 2880. The van der Waals surface area contributed by atoms with E-state index in [1.807, 2.05) is 54.6 Å². The van der Waals surface area contributed by atoms with Crippen molar-refractivity contribution in [2.75, 3.05) is 0 Å². The third kappa shape index (κ3) is 6.26. The van der Waals surface area contributed by atoms with Crippen molar-refractivity contribution in [1.29, 1.82) is 0 Å². The van der Waals surface area contributed by atoms with Crippen LogP contribution in [0.4, 0.5) is 0 Å². The fraction of sp³-hybridized carbons (Fsp3) is 0. The minimum Gasteiger partial charge on any atom is -0.456 e. The average Bonchev–Trinajstić information content (AvgIpc) is 3.66. The number of benzene rings is 8. The highest BCUT2D eigenvalue weighted by molar-refractivity contribution is 6.13. The van der Waals surface area contributed by atoms with E-state index in [1.54, 1.807) is 0 Å². The van der Waals surface area contributed by atoms with Crippen LogP contribution in [0.25, 0.3) is 101 Å². The molecule has 0 saturated heterocycles. The van der Waals surface area contributed by atoms with Crippen LogP contribution in [0.2, 0.25) is 0 Å². The highest BCUT2D eigenvalue weighted by atomic mass is 16.3. The number of aromatic nitrogens is 3. The van der Waals surface area contributed by atoms with Crippen molar-refractivity contribution < 1.29 is 4.42 Å². The molecule has 10 aromatic rings. The third-order valence-corrected chi connectivity index (χ3v) is 10.1. The lowest BCUT2D eigenvalue weighted by Gasteiger charge is -2.12. The van der Waals surface area contributed by atoms with Crippen molar-refractivity contribution in [2.24, 2.45) is 0 Å². The predicted octanol–water partition coefficient (Wildman–Crippen LogP) is 13.4. The Kier molecular flexibility index (Phi) is 8.12. The van der Waals surface area contributed by atoms with Crippen LogP contribution in [-0.4, -0.2) is 15.0 Å². The van der Waals surface area contributed by atoms with Crippen LogP contribution in [0.5, 0.6) is 0 Å².